The summed E-state index contributed by atoms with van der Waals surface area (Å²) in [5, 5.41) is 0. The lowest BCUT2D eigenvalue weighted by atomic mass is 10.3. The van der Waals surface area contributed by atoms with Crippen molar-refractivity contribution in [2.24, 2.45) is 5.84 Å². The minimum Gasteiger partial charge on any atom is -0.392 e. The number of rotatable bonds is 1. The maximum Gasteiger partial charge on any atom is 0.332 e. The van der Waals surface area contributed by atoms with Crippen LogP contribution < -0.4 is 11.3 Å². The van der Waals surface area contributed by atoms with Gasteiger partial charge in [-0.2, -0.15) is 0 Å². The maximum atomic E-state index is 10.4. The summed E-state index contributed by atoms with van der Waals surface area (Å²) in [6.07, 6.45) is 0.0370. The van der Waals surface area contributed by atoms with E-state index in [2.05, 4.69) is 10.2 Å². The third kappa shape index (κ3) is 1.06. The Kier molecular flexibility index (Phi) is 1.46. The summed E-state index contributed by atoms with van der Waals surface area (Å²) in [6.45, 7) is 0. The van der Waals surface area contributed by atoms with E-state index in [0.717, 1.165) is 0 Å². The van der Waals surface area contributed by atoms with Crippen LogP contribution in [0.25, 0.3) is 0 Å². The maximum absolute atomic E-state index is 10.4. The third-order valence-corrected chi connectivity index (χ3v) is 1.07. The highest BCUT2D eigenvalue weighted by Gasteiger charge is 2.31. The smallest absolute Gasteiger partial charge is 0.332 e. The van der Waals surface area contributed by atoms with Crippen LogP contribution in [0.5, 0.6) is 0 Å². The first-order valence-electron chi connectivity index (χ1n) is 2.44. The number of hydrogen-bond acceptors (Lipinski definition) is 5. The van der Waals surface area contributed by atoms with Gasteiger partial charge in [0.1, 0.15) is 6.04 Å². The van der Waals surface area contributed by atoms with Gasteiger partial charge in [-0.15, -0.1) is 0 Å². The van der Waals surface area contributed by atoms with Crippen molar-refractivity contribution < 1.29 is 14.3 Å². The molecule has 0 aliphatic carbocycles. The molecule has 0 aromatic rings. The van der Waals surface area contributed by atoms with Gasteiger partial charge in [-0.1, -0.05) is 0 Å². The molecule has 0 amide bonds. The fourth-order valence-electron chi connectivity index (χ4n) is 0.602. The van der Waals surface area contributed by atoms with Gasteiger partial charge in [0.15, 0.2) is 0 Å². The molecule has 1 heterocycles. The average Bonchev–Trinajstić information content (AvgIpc) is 2.10. The van der Waals surface area contributed by atoms with Crippen LogP contribution in [0.2, 0.25) is 0 Å². The van der Waals surface area contributed by atoms with Gasteiger partial charge in [0.2, 0.25) is 0 Å². The van der Waals surface area contributed by atoms with Crippen molar-refractivity contribution in [1.29, 1.82) is 0 Å². The van der Waals surface area contributed by atoms with E-state index in [1.807, 2.05) is 0 Å². The molecular weight excluding hydrogens is 124 g/mol. The molecule has 0 bridgehead atoms. The van der Waals surface area contributed by atoms with Gasteiger partial charge < -0.3 is 4.74 Å². The highest BCUT2D eigenvalue weighted by Crippen LogP contribution is 2.05. The summed E-state index contributed by atoms with van der Waals surface area (Å²) in [4.78, 5) is 20.7. The molecule has 1 saturated heterocycles. The fraction of sp³-hybridized carbons (Fsp3) is 0.500. The number of carbonyl (C=O) groups excluding carboxylic acids is 2. The zero-order valence-corrected chi connectivity index (χ0v) is 4.59. The second-order valence-corrected chi connectivity index (χ2v) is 1.72. The first kappa shape index (κ1) is 6.18. The Morgan fingerprint density at radius 3 is 2.56 bits per heavy atom. The molecule has 0 radical (unpaired) electrons. The molecule has 1 aliphatic heterocycles. The molecule has 5 nitrogen and oxygen atoms in total. The quantitative estimate of drug-likeness (QED) is 0.191. The standard InChI is InChI=1S/C4H6N2O3/c5-6-2-1-3(7)9-4(2)8/h2,6H,1,5H2. The van der Waals surface area contributed by atoms with E-state index in [9.17, 15) is 9.59 Å². The van der Waals surface area contributed by atoms with Crippen LogP contribution in [-0.4, -0.2) is 18.0 Å². The van der Waals surface area contributed by atoms with Crippen LogP contribution >= 0.6 is 0 Å². The fourth-order valence-corrected chi connectivity index (χ4v) is 0.602. The minimum absolute atomic E-state index is 0.0370. The lowest BCUT2D eigenvalue weighted by molar-refractivity contribution is -0.152. The molecule has 0 spiro atoms. The van der Waals surface area contributed by atoms with Gasteiger partial charge >= 0.3 is 11.9 Å². The number of hydrazine groups is 1. The summed E-state index contributed by atoms with van der Waals surface area (Å²) in [7, 11) is 0. The van der Waals surface area contributed by atoms with Crippen molar-refractivity contribution >= 4 is 11.9 Å². The Hall–Kier alpha value is -0.940. The Bertz CT molecular complexity index is 156. The predicted molar refractivity (Wildman–Crippen MR) is 26.8 cm³/mol. The molecule has 1 atom stereocenters. The molecule has 0 saturated carbocycles. The summed E-state index contributed by atoms with van der Waals surface area (Å²) in [5.41, 5.74) is 2.15. The molecule has 1 aliphatic rings. The molecule has 9 heavy (non-hydrogen) atoms. The first-order chi connectivity index (χ1) is 4.24. The Morgan fingerprint density at radius 1 is 1.67 bits per heavy atom. The van der Waals surface area contributed by atoms with Crippen molar-refractivity contribution in [2.75, 3.05) is 0 Å². The number of carbonyl (C=O) groups is 2. The Labute approximate surface area is 51.1 Å². The van der Waals surface area contributed by atoms with E-state index in [1.54, 1.807) is 0 Å². The number of nitrogens with two attached hydrogens (primary N) is 1. The minimum atomic E-state index is -0.641. The van der Waals surface area contributed by atoms with E-state index < -0.39 is 18.0 Å². The SMILES string of the molecule is NNC1CC(=O)OC1=O. The molecule has 1 unspecified atom stereocenters. The van der Waals surface area contributed by atoms with E-state index in [4.69, 9.17) is 5.84 Å². The zero-order valence-electron chi connectivity index (χ0n) is 4.59. The predicted octanol–water partition coefficient (Wildman–Crippen LogP) is -1.71. The summed E-state index contributed by atoms with van der Waals surface area (Å²) >= 11 is 0. The molecule has 1 fully saturated rings. The highest BCUT2D eigenvalue weighted by molar-refractivity contribution is 5.96. The summed E-state index contributed by atoms with van der Waals surface area (Å²) in [5.74, 6) is 3.76. The van der Waals surface area contributed by atoms with Gasteiger partial charge in [0, 0.05) is 0 Å². The average molecular weight is 130 g/mol. The molecule has 1 rings (SSSR count). The van der Waals surface area contributed by atoms with Gasteiger partial charge in [0.05, 0.1) is 6.42 Å². The molecule has 3 N–H and O–H groups in total. The number of cyclic esters (lactones) is 2. The van der Waals surface area contributed by atoms with Crippen molar-refractivity contribution in [3.8, 4) is 0 Å². The van der Waals surface area contributed by atoms with Crippen LogP contribution in [0.3, 0.4) is 0 Å². The molecule has 0 aromatic carbocycles. The van der Waals surface area contributed by atoms with Crippen LogP contribution in [0.4, 0.5) is 0 Å². The van der Waals surface area contributed by atoms with E-state index in [-0.39, 0.29) is 6.42 Å². The van der Waals surface area contributed by atoms with Crippen LogP contribution in [0.15, 0.2) is 0 Å². The van der Waals surface area contributed by atoms with E-state index >= 15 is 0 Å². The second-order valence-electron chi connectivity index (χ2n) is 1.72. The van der Waals surface area contributed by atoms with Crippen LogP contribution in [0, 0.1) is 0 Å². The zero-order chi connectivity index (χ0) is 6.85. The van der Waals surface area contributed by atoms with Crippen molar-refractivity contribution in [2.45, 2.75) is 12.5 Å². The number of ether oxygens (including phenoxy) is 1. The van der Waals surface area contributed by atoms with Crippen molar-refractivity contribution in [3.63, 3.8) is 0 Å². The van der Waals surface area contributed by atoms with Gasteiger partial charge in [-0.25, -0.2) is 10.2 Å². The van der Waals surface area contributed by atoms with E-state index in [0.29, 0.717) is 0 Å². The van der Waals surface area contributed by atoms with Gasteiger partial charge in [-0.3, -0.25) is 10.6 Å². The monoisotopic (exact) mass is 130 g/mol. The third-order valence-electron chi connectivity index (χ3n) is 1.07. The first-order valence-corrected chi connectivity index (χ1v) is 2.44. The van der Waals surface area contributed by atoms with Crippen molar-refractivity contribution in [1.82, 2.24) is 5.43 Å². The normalized spacial score (nSPS) is 26.6. The second kappa shape index (κ2) is 2.12. The number of esters is 2. The molecular formula is C4H6N2O3. The molecule has 0 aromatic heterocycles. The van der Waals surface area contributed by atoms with Gasteiger partial charge in [-0.05, 0) is 0 Å². The number of nitrogens with one attached hydrogen (secondary N) is 1. The largest absolute Gasteiger partial charge is 0.392 e. The Morgan fingerprint density at radius 2 is 2.33 bits per heavy atom. The van der Waals surface area contributed by atoms with Crippen LogP contribution in [0.1, 0.15) is 6.42 Å². The molecule has 50 valence electrons. The molecule has 5 heteroatoms. The topological polar surface area (TPSA) is 81.4 Å². The van der Waals surface area contributed by atoms with Crippen molar-refractivity contribution in [3.05, 3.63) is 0 Å². The van der Waals surface area contributed by atoms with Gasteiger partial charge in [0.25, 0.3) is 0 Å². The number of hydrogen-bond donors (Lipinski definition) is 2. The Balaban J connectivity index is 2.58. The summed E-state index contributed by atoms with van der Waals surface area (Å²) in [6, 6.07) is -0.641. The lowest BCUT2D eigenvalue weighted by Crippen LogP contribution is -2.38. The van der Waals surface area contributed by atoms with E-state index in [1.165, 1.54) is 0 Å². The lowest BCUT2D eigenvalue weighted by Gasteiger charge is -1.97. The van der Waals surface area contributed by atoms with Crippen LogP contribution in [-0.2, 0) is 14.3 Å². The highest BCUT2D eigenvalue weighted by atomic mass is 16.6. The summed E-state index contributed by atoms with van der Waals surface area (Å²) < 4.78 is 4.14.